The topological polar surface area (TPSA) is 15.3 Å². The van der Waals surface area contributed by atoms with Crippen LogP contribution in [0.2, 0.25) is 0 Å². The molecule has 0 aliphatic heterocycles. The molecule has 0 amide bonds. The summed E-state index contributed by atoms with van der Waals surface area (Å²) in [5, 5.41) is 3.16. The van der Waals surface area contributed by atoms with Gasteiger partial charge in [-0.3, -0.25) is 0 Å². The summed E-state index contributed by atoms with van der Waals surface area (Å²) >= 11 is 0. The van der Waals surface area contributed by atoms with Gasteiger partial charge in [0.25, 0.3) is 0 Å². The van der Waals surface area contributed by atoms with Crippen molar-refractivity contribution in [3.8, 4) is 0 Å². The highest BCUT2D eigenvalue weighted by Gasteiger charge is 2.26. The molecule has 0 heterocycles. The summed E-state index contributed by atoms with van der Waals surface area (Å²) in [6.45, 7) is 3.60. The number of hydrogen-bond acceptors (Lipinski definition) is 2. The van der Waals surface area contributed by atoms with Crippen LogP contribution in [-0.4, -0.2) is 19.3 Å². The number of rotatable bonds is 6. The number of benzene rings is 1. The fourth-order valence-electron chi connectivity index (χ4n) is 2.43. The van der Waals surface area contributed by atoms with Gasteiger partial charge in [-0.1, -0.05) is 36.1 Å². The van der Waals surface area contributed by atoms with Gasteiger partial charge >= 0.3 is 0 Å². The average molecular weight is 296 g/mol. The number of alkyl halides is 1. The predicted octanol–water partition coefficient (Wildman–Crippen LogP) is 4.60. The fraction of sp³-hybridized carbons (Fsp3) is 0.263. The standard InChI is InChI=1S/C19H21FN2/c1-4-14-19(2,20)15-22(16-10-6-5-7-11-16)18-13-9-8-12-17(18)21-3/h4-6,8-10,12-14,21H,15H2,1-3H3. The van der Waals surface area contributed by atoms with Crippen LogP contribution < -0.4 is 10.2 Å². The number of para-hydroxylation sites is 2. The van der Waals surface area contributed by atoms with E-state index in [1.165, 1.54) is 0 Å². The fourth-order valence-corrected chi connectivity index (χ4v) is 2.43. The lowest BCUT2D eigenvalue weighted by atomic mass is 10.1. The number of anilines is 2. The van der Waals surface area contributed by atoms with Gasteiger partial charge in [-0.25, -0.2) is 4.39 Å². The Morgan fingerprint density at radius 1 is 1.36 bits per heavy atom. The summed E-state index contributed by atoms with van der Waals surface area (Å²) < 4.78 is 14.8. The summed E-state index contributed by atoms with van der Waals surface area (Å²) in [6, 6.07) is 7.84. The molecule has 2 nitrogen and oxygen atoms in total. The lowest BCUT2D eigenvalue weighted by molar-refractivity contribution is 0.265. The Morgan fingerprint density at radius 3 is 2.77 bits per heavy atom. The van der Waals surface area contributed by atoms with Gasteiger partial charge in [0.2, 0.25) is 0 Å². The second-order valence-corrected chi connectivity index (χ2v) is 5.31. The largest absolute Gasteiger partial charge is 0.386 e. The van der Waals surface area contributed by atoms with Crippen molar-refractivity contribution >= 4 is 11.4 Å². The van der Waals surface area contributed by atoms with Gasteiger partial charge in [0.1, 0.15) is 5.67 Å². The third kappa shape index (κ3) is 3.79. The van der Waals surface area contributed by atoms with E-state index in [0.717, 1.165) is 17.1 Å². The molecule has 1 aromatic rings. The van der Waals surface area contributed by atoms with Crippen molar-refractivity contribution in [1.82, 2.24) is 0 Å². The summed E-state index contributed by atoms with van der Waals surface area (Å²) in [5.41, 5.74) is 7.20. The zero-order valence-electron chi connectivity index (χ0n) is 13.2. The highest BCUT2D eigenvalue weighted by molar-refractivity contribution is 5.73. The van der Waals surface area contributed by atoms with Crippen LogP contribution in [0, 0.1) is 0 Å². The number of nitrogens with zero attached hydrogens (tertiary/aromatic N) is 1. The molecule has 1 aromatic carbocycles. The molecule has 0 fully saturated rings. The molecule has 0 bridgehead atoms. The first-order valence-corrected chi connectivity index (χ1v) is 7.33. The molecule has 0 aromatic heterocycles. The van der Waals surface area contributed by atoms with Crippen molar-refractivity contribution in [1.29, 1.82) is 0 Å². The minimum atomic E-state index is -1.45. The van der Waals surface area contributed by atoms with E-state index >= 15 is 0 Å². The van der Waals surface area contributed by atoms with E-state index in [2.05, 4.69) is 16.8 Å². The van der Waals surface area contributed by atoms with E-state index in [1.54, 1.807) is 25.2 Å². The molecule has 1 unspecified atom stereocenters. The molecule has 22 heavy (non-hydrogen) atoms. The highest BCUT2D eigenvalue weighted by atomic mass is 19.1. The van der Waals surface area contributed by atoms with Crippen molar-refractivity contribution in [3.05, 3.63) is 71.8 Å². The first-order valence-electron chi connectivity index (χ1n) is 7.33. The average Bonchev–Trinajstić information content (AvgIpc) is 2.53. The molecule has 1 aliphatic rings. The zero-order chi connectivity index (χ0) is 16.0. The van der Waals surface area contributed by atoms with Crippen LogP contribution in [0.3, 0.4) is 0 Å². The maximum Gasteiger partial charge on any atom is 0.144 e. The zero-order valence-corrected chi connectivity index (χ0v) is 13.2. The first kappa shape index (κ1) is 15.9. The van der Waals surface area contributed by atoms with Crippen LogP contribution in [0.1, 0.15) is 13.8 Å². The van der Waals surface area contributed by atoms with Crippen molar-refractivity contribution in [3.63, 3.8) is 0 Å². The Hall–Kier alpha value is -2.47. The first-order chi connectivity index (χ1) is 10.6. The molecule has 1 atom stereocenters. The Morgan fingerprint density at radius 2 is 2.14 bits per heavy atom. The van der Waals surface area contributed by atoms with E-state index < -0.39 is 5.67 Å². The van der Waals surface area contributed by atoms with Gasteiger partial charge in [0.05, 0.1) is 23.6 Å². The molecule has 0 spiro atoms. The van der Waals surface area contributed by atoms with Crippen molar-refractivity contribution in [2.24, 2.45) is 0 Å². The summed E-state index contributed by atoms with van der Waals surface area (Å²) in [6.07, 6.45) is 8.89. The number of hydrogen-bond donors (Lipinski definition) is 1. The Kier molecular flexibility index (Phi) is 5.06. The van der Waals surface area contributed by atoms with E-state index in [4.69, 9.17) is 0 Å². The lowest BCUT2D eigenvalue weighted by Crippen LogP contribution is -2.36. The quantitative estimate of drug-likeness (QED) is 0.609. The van der Waals surface area contributed by atoms with E-state index in [0.29, 0.717) is 0 Å². The molecular formula is C19H21FN2. The van der Waals surface area contributed by atoms with Gasteiger partial charge < -0.3 is 10.2 Å². The van der Waals surface area contributed by atoms with Gasteiger partial charge in [-0.05, 0) is 43.9 Å². The number of allylic oxidation sites excluding steroid dienone is 4. The summed E-state index contributed by atoms with van der Waals surface area (Å²) in [5.74, 6) is 0. The molecule has 2 rings (SSSR count). The van der Waals surface area contributed by atoms with Crippen LogP contribution in [0.25, 0.3) is 0 Å². The molecule has 114 valence electrons. The summed E-state index contributed by atoms with van der Waals surface area (Å²) in [7, 11) is 1.86. The van der Waals surface area contributed by atoms with E-state index in [-0.39, 0.29) is 6.54 Å². The van der Waals surface area contributed by atoms with Gasteiger partial charge in [-0.2, -0.15) is 0 Å². The molecular weight excluding hydrogens is 275 g/mol. The third-order valence-corrected chi connectivity index (χ3v) is 3.37. The van der Waals surface area contributed by atoms with E-state index in [1.807, 2.05) is 55.3 Å². The van der Waals surface area contributed by atoms with Crippen molar-refractivity contribution < 1.29 is 4.39 Å². The van der Waals surface area contributed by atoms with Crippen LogP contribution in [-0.2, 0) is 0 Å². The minimum Gasteiger partial charge on any atom is -0.386 e. The van der Waals surface area contributed by atoms with Crippen molar-refractivity contribution in [2.45, 2.75) is 19.5 Å². The Balaban J connectivity index is 2.49. The SMILES string of the molecule is CC=CC(C)(F)CN(C1=C=C=CC=C1)c1ccccc1NC. The van der Waals surface area contributed by atoms with Gasteiger partial charge in [-0.15, -0.1) is 0 Å². The van der Waals surface area contributed by atoms with Crippen LogP contribution in [0.4, 0.5) is 15.8 Å². The van der Waals surface area contributed by atoms with E-state index in [9.17, 15) is 4.39 Å². The second-order valence-electron chi connectivity index (χ2n) is 5.31. The minimum absolute atomic E-state index is 0.199. The second kappa shape index (κ2) is 7.00. The van der Waals surface area contributed by atoms with Gasteiger partial charge in [0.15, 0.2) is 0 Å². The Bertz CT molecular complexity index is 685. The normalized spacial score (nSPS) is 15.7. The van der Waals surface area contributed by atoms with Crippen LogP contribution in [0.15, 0.2) is 71.8 Å². The summed E-state index contributed by atoms with van der Waals surface area (Å²) in [4.78, 5) is 1.92. The Labute approximate surface area is 131 Å². The number of halogens is 1. The molecule has 1 N–H and O–H groups in total. The number of nitrogens with one attached hydrogen (secondary N) is 1. The molecule has 0 saturated heterocycles. The monoisotopic (exact) mass is 296 g/mol. The molecule has 3 heteroatoms. The third-order valence-electron chi connectivity index (χ3n) is 3.37. The molecule has 1 aliphatic carbocycles. The maximum absolute atomic E-state index is 14.8. The maximum atomic E-state index is 14.8. The predicted molar refractivity (Wildman–Crippen MR) is 91.9 cm³/mol. The lowest BCUT2D eigenvalue weighted by Gasteiger charge is -2.31. The molecule has 0 saturated carbocycles. The smallest absolute Gasteiger partial charge is 0.144 e. The molecule has 0 radical (unpaired) electrons. The highest BCUT2D eigenvalue weighted by Crippen LogP contribution is 2.31. The van der Waals surface area contributed by atoms with Crippen LogP contribution >= 0.6 is 0 Å². The van der Waals surface area contributed by atoms with Crippen molar-refractivity contribution in [2.75, 3.05) is 23.8 Å². The van der Waals surface area contributed by atoms with Crippen LogP contribution in [0.5, 0.6) is 0 Å². The van der Waals surface area contributed by atoms with Gasteiger partial charge in [0, 0.05) is 7.05 Å².